The summed E-state index contributed by atoms with van der Waals surface area (Å²) in [4.78, 5) is 34.2. The first-order chi connectivity index (χ1) is 20.4. The van der Waals surface area contributed by atoms with Crippen LogP contribution in [-0.4, -0.2) is 39.8 Å². The molecule has 0 aromatic carbocycles. The number of terminal acetylenes is 1. The third-order valence-electron chi connectivity index (χ3n) is 7.05. The lowest BCUT2D eigenvalue weighted by Crippen LogP contribution is -2.40. The summed E-state index contributed by atoms with van der Waals surface area (Å²) in [5.41, 5.74) is 14.5. The average molecular weight is 563 g/mol. The highest BCUT2D eigenvalue weighted by Crippen LogP contribution is 2.32. The Morgan fingerprint density at radius 3 is 2.88 bits per heavy atom. The maximum absolute atomic E-state index is 12.8. The van der Waals surface area contributed by atoms with Crippen molar-refractivity contribution in [2.24, 2.45) is 0 Å². The first-order valence-corrected chi connectivity index (χ1v) is 14.7. The summed E-state index contributed by atoms with van der Waals surface area (Å²) in [7, 11) is 0. The number of hydrogen-bond donors (Lipinski definition) is 2. The number of allylic oxidation sites excluding steroid dienone is 12. The van der Waals surface area contributed by atoms with Gasteiger partial charge in [0.15, 0.2) is 0 Å². The van der Waals surface area contributed by atoms with Gasteiger partial charge >= 0.3 is 0 Å². The van der Waals surface area contributed by atoms with Crippen molar-refractivity contribution in [1.82, 2.24) is 20.2 Å². The van der Waals surface area contributed by atoms with Gasteiger partial charge in [-0.3, -0.25) is 9.59 Å². The van der Waals surface area contributed by atoms with Crippen LogP contribution in [0.3, 0.4) is 0 Å². The Balaban J connectivity index is 2.01. The van der Waals surface area contributed by atoms with E-state index in [-0.39, 0.29) is 18.4 Å². The van der Waals surface area contributed by atoms with E-state index in [1.165, 1.54) is 27.9 Å². The first kappa shape index (κ1) is 32.0. The monoisotopic (exact) mass is 562 g/mol. The smallest absolute Gasteiger partial charge is 0.242 e. The topological polar surface area (TPSA) is 78.1 Å². The SMILES string of the molecule is C#CCC=C=C(/C=C1\CC/C=C\C(C)=C/CC2=C1C=C=CC=C2C)c1cnc(CN(CCC)C(=O)CNC(=O)CC)[nH]1. The van der Waals surface area contributed by atoms with Gasteiger partial charge in [-0.05, 0) is 86.1 Å². The lowest BCUT2D eigenvalue weighted by molar-refractivity contribution is -0.133. The third kappa shape index (κ3) is 9.53. The largest absolute Gasteiger partial charge is 0.347 e. The quantitative estimate of drug-likeness (QED) is 0.243. The van der Waals surface area contributed by atoms with Crippen LogP contribution in [-0.2, 0) is 16.1 Å². The number of rotatable bonds is 10. The van der Waals surface area contributed by atoms with E-state index < -0.39 is 0 Å². The van der Waals surface area contributed by atoms with Crippen LogP contribution in [0.25, 0.3) is 5.57 Å². The molecule has 0 atom stereocenters. The predicted octanol–water partition coefficient (Wildman–Crippen LogP) is 6.82. The third-order valence-corrected chi connectivity index (χ3v) is 7.05. The maximum atomic E-state index is 12.8. The van der Waals surface area contributed by atoms with Crippen LogP contribution < -0.4 is 5.32 Å². The molecule has 0 saturated heterocycles. The molecule has 2 N–H and O–H groups in total. The van der Waals surface area contributed by atoms with E-state index in [1.54, 1.807) is 18.0 Å². The molecule has 0 radical (unpaired) electrons. The number of amides is 2. The lowest BCUT2D eigenvalue weighted by Gasteiger charge is -2.21. The number of H-pyrrole nitrogens is 1. The number of nitrogens with one attached hydrogen (secondary N) is 2. The van der Waals surface area contributed by atoms with Gasteiger partial charge in [0.05, 0.1) is 25.0 Å². The van der Waals surface area contributed by atoms with Crippen LogP contribution in [0.5, 0.6) is 0 Å². The molecule has 218 valence electrons. The number of hydrogen-bond acceptors (Lipinski definition) is 3. The molecule has 6 nitrogen and oxygen atoms in total. The number of imidazole rings is 1. The first-order valence-electron chi connectivity index (χ1n) is 14.7. The van der Waals surface area contributed by atoms with Crippen LogP contribution in [0, 0.1) is 12.3 Å². The van der Waals surface area contributed by atoms with Gasteiger partial charge in [0, 0.05) is 25.0 Å². The van der Waals surface area contributed by atoms with Gasteiger partial charge in [-0.2, -0.15) is 0 Å². The summed E-state index contributed by atoms with van der Waals surface area (Å²) in [5, 5.41) is 2.68. The van der Waals surface area contributed by atoms with Crippen molar-refractivity contribution in [3.8, 4) is 12.3 Å². The van der Waals surface area contributed by atoms with Crippen LogP contribution in [0.15, 0.2) is 94.1 Å². The van der Waals surface area contributed by atoms with E-state index in [1.807, 2.05) is 19.1 Å². The van der Waals surface area contributed by atoms with Gasteiger partial charge in [0.25, 0.3) is 0 Å². The second-order valence-electron chi connectivity index (χ2n) is 10.3. The minimum Gasteiger partial charge on any atom is -0.347 e. The highest BCUT2D eigenvalue weighted by molar-refractivity contribution is 5.84. The van der Waals surface area contributed by atoms with Crippen molar-refractivity contribution in [2.75, 3.05) is 13.1 Å². The molecule has 0 unspecified atom stereocenters. The summed E-state index contributed by atoms with van der Waals surface area (Å²) in [5.74, 6) is 3.03. The molecule has 42 heavy (non-hydrogen) atoms. The number of carbonyl (C=O) groups is 2. The normalized spacial score (nSPS) is 17.5. The molecule has 0 aliphatic heterocycles. The van der Waals surface area contributed by atoms with Crippen LogP contribution in [0.1, 0.15) is 77.7 Å². The minimum atomic E-state index is -0.146. The minimum absolute atomic E-state index is 0.0251. The summed E-state index contributed by atoms with van der Waals surface area (Å²) in [6, 6.07) is 0. The Morgan fingerprint density at radius 1 is 1.29 bits per heavy atom. The second-order valence-corrected chi connectivity index (χ2v) is 10.3. The summed E-state index contributed by atoms with van der Waals surface area (Å²) < 4.78 is 0. The fourth-order valence-electron chi connectivity index (χ4n) is 4.71. The number of nitrogens with zero attached hydrogens (tertiary/aromatic N) is 2. The van der Waals surface area contributed by atoms with Crippen molar-refractivity contribution in [2.45, 2.75) is 72.8 Å². The number of aromatic nitrogens is 2. The van der Waals surface area contributed by atoms with Crippen LogP contribution in [0.2, 0.25) is 0 Å². The van der Waals surface area contributed by atoms with Crippen molar-refractivity contribution in [3.05, 3.63) is 106 Å². The Morgan fingerprint density at radius 2 is 2.12 bits per heavy atom. The van der Waals surface area contributed by atoms with Crippen LogP contribution in [0.4, 0.5) is 0 Å². The molecular weight excluding hydrogens is 520 g/mol. The highest BCUT2D eigenvalue weighted by atomic mass is 16.2. The standard InChI is InChI=1S/C36H42N4O2/c1-6-9-10-18-30(33-24-37-34(39-33)26-40(22-7-2)36(42)25-38-35(41)8-3)23-29-17-13-11-15-27(4)20-21-31-28(5)16-12-14-19-32(29)31/h1,10-12,15-16,19-20,23-24H,7-9,13,17,21-22,25-26H2,2-5H3,(H,37,39)(H,38,41)/b15-11-,27-20-,29-23+. The van der Waals surface area contributed by atoms with E-state index in [0.29, 0.717) is 31.8 Å². The molecule has 1 heterocycles. The van der Waals surface area contributed by atoms with Gasteiger partial charge in [-0.25, -0.2) is 4.98 Å². The van der Waals surface area contributed by atoms with Gasteiger partial charge in [-0.15, -0.1) is 23.8 Å². The Labute approximate surface area is 250 Å². The Kier molecular flexibility index (Phi) is 12.7. The Hall–Kier alpha value is -4.55. The van der Waals surface area contributed by atoms with Gasteiger partial charge in [0.1, 0.15) is 5.82 Å². The maximum Gasteiger partial charge on any atom is 0.242 e. The summed E-state index contributed by atoms with van der Waals surface area (Å²) in [6.07, 6.45) is 28.3. The zero-order valence-electron chi connectivity index (χ0n) is 25.3. The van der Waals surface area contributed by atoms with Crippen molar-refractivity contribution in [3.63, 3.8) is 0 Å². The van der Waals surface area contributed by atoms with Crippen molar-refractivity contribution < 1.29 is 9.59 Å². The molecule has 6 heteroatoms. The van der Waals surface area contributed by atoms with Crippen LogP contribution >= 0.6 is 0 Å². The lowest BCUT2D eigenvalue weighted by atomic mass is 9.88. The molecule has 3 rings (SSSR count). The number of aromatic amines is 1. The van der Waals surface area contributed by atoms with E-state index in [4.69, 9.17) is 6.42 Å². The molecule has 0 spiro atoms. The van der Waals surface area contributed by atoms with E-state index in [9.17, 15) is 9.59 Å². The fourth-order valence-corrected chi connectivity index (χ4v) is 4.71. The number of carbonyl (C=O) groups excluding carboxylic acids is 2. The molecule has 0 bridgehead atoms. The van der Waals surface area contributed by atoms with E-state index >= 15 is 0 Å². The van der Waals surface area contributed by atoms with Gasteiger partial charge in [0.2, 0.25) is 11.8 Å². The predicted molar refractivity (Wildman–Crippen MR) is 171 cm³/mol. The molecular formula is C36H42N4O2. The molecule has 0 saturated carbocycles. The molecule has 2 aliphatic carbocycles. The average Bonchev–Trinajstić information content (AvgIpc) is 3.37. The summed E-state index contributed by atoms with van der Waals surface area (Å²) >= 11 is 0. The molecule has 0 fully saturated rings. The summed E-state index contributed by atoms with van der Waals surface area (Å²) in [6.45, 7) is 8.93. The van der Waals surface area contributed by atoms with Crippen molar-refractivity contribution >= 4 is 17.4 Å². The van der Waals surface area contributed by atoms with Crippen molar-refractivity contribution in [1.29, 1.82) is 0 Å². The molecule has 1 aromatic heterocycles. The van der Waals surface area contributed by atoms with E-state index in [0.717, 1.165) is 37.0 Å². The molecule has 2 aliphatic rings. The van der Waals surface area contributed by atoms with E-state index in [2.05, 4.69) is 83.0 Å². The molecule has 1 aromatic rings. The van der Waals surface area contributed by atoms with Gasteiger partial charge < -0.3 is 15.2 Å². The van der Waals surface area contributed by atoms with Gasteiger partial charge in [-0.1, -0.05) is 43.7 Å². The zero-order valence-corrected chi connectivity index (χ0v) is 25.3. The Bertz CT molecular complexity index is 1490. The second kappa shape index (κ2) is 16.7. The molecule has 2 amide bonds. The zero-order chi connectivity index (χ0) is 30.3. The fraction of sp³-hybridized carbons (Fsp3) is 0.361. The highest BCUT2D eigenvalue weighted by Gasteiger charge is 2.17.